The van der Waals surface area contributed by atoms with Crippen molar-refractivity contribution in [2.24, 2.45) is 4.99 Å². The van der Waals surface area contributed by atoms with Gasteiger partial charge < -0.3 is 10.2 Å². The van der Waals surface area contributed by atoms with E-state index >= 15 is 0 Å². The number of carbonyl (C=O) groups excluding carboxylic acids is 1. The highest BCUT2D eigenvalue weighted by Crippen LogP contribution is 2.35. The van der Waals surface area contributed by atoms with E-state index in [0.717, 1.165) is 19.6 Å². The molecule has 0 saturated carbocycles. The molecule has 2 fully saturated rings. The molecule has 3 aliphatic heterocycles. The fraction of sp³-hybridized carbons (Fsp3) is 0.391. The van der Waals surface area contributed by atoms with E-state index in [2.05, 4.69) is 27.3 Å². The molecule has 10 heteroatoms. The highest BCUT2D eigenvalue weighted by Gasteiger charge is 2.42. The van der Waals surface area contributed by atoms with Gasteiger partial charge in [0.25, 0.3) is 5.91 Å². The summed E-state index contributed by atoms with van der Waals surface area (Å²) >= 11 is 7.80. The van der Waals surface area contributed by atoms with Crippen molar-refractivity contribution in [3.8, 4) is 0 Å². The first kappa shape index (κ1) is 22.7. The smallest absolute Gasteiger partial charge is 0.254 e. The zero-order chi connectivity index (χ0) is 23.0. The third kappa shape index (κ3) is 5.21. The van der Waals surface area contributed by atoms with E-state index in [1.807, 2.05) is 23.1 Å². The van der Waals surface area contributed by atoms with E-state index in [9.17, 15) is 13.2 Å². The van der Waals surface area contributed by atoms with Gasteiger partial charge in [-0.1, -0.05) is 53.7 Å². The molecule has 0 spiro atoms. The van der Waals surface area contributed by atoms with Gasteiger partial charge in [0.2, 0.25) is 0 Å². The number of benzene rings is 2. The standard InChI is InChI=1S/C23H25ClN4O3S2/c24-18-7-6-17(12-19(18)25-23-26-20-14-33(30,31)15-21(20)32-23)22(29)28-10-8-27(9-11-28)13-16-4-2-1-3-5-16/h1-7,12,20-21H,8-11,13-15H2,(H,25,26)/t20-,21+/m1/s1. The Labute approximate surface area is 203 Å². The Morgan fingerprint density at radius 1 is 1.09 bits per heavy atom. The number of rotatable bonds is 4. The van der Waals surface area contributed by atoms with Crippen LogP contribution in [0.5, 0.6) is 0 Å². The number of nitrogens with zero attached hydrogens (tertiary/aromatic N) is 3. The Hall–Kier alpha value is -2.07. The number of hydrogen-bond acceptors (Lipinski definition) is 7. The average molecular weight is 505 g/mol. The first-order valence-electron chi connectivity index (χ1n) is 10.9. The van der Waals surface area contributed by atoms with E-state index in [4.69, 9.17) is 11.6 Å². The number of piperazine rings is 1. The molecule has 3 heterocycles. The Morgan fingerprint density at radius 2 is 1.85 bits per heavy atom. The summed E-state index contributed by atoms with van der Waals surface area (Å²) < 4.78 is 23.6. The van der Waals surface area contributed by atoms with Gasteiger partial charge in [-0.2, -0.15) is 0 Å². The minimum absolute atomic E-state index is 0.0157. The van der Waals surface area contributed by atoms with E-state index < -0.39 is 9.84 Å². The zero-order valence-corrected chi connectivity index (χ0v) is 20.4. The van der Waals surface area contributed by atoms with E-state index in [1.165, 1.54) is 17.3 Å². The molecule has 174 valence electrons. The number of aliphatic imine (C=N–C) groups is 1. The first-order chi connectivity index (χ1) is 15.9. The van der Waals surface area contributed by atoms with E-state index in [-0.39, 0.29) is 28.7 Å². The maximum atomic E-state index is 13.1. The fourth-order valence-corrected chi connectivity index (χ4v) is 8.25. The first-order valence-corrected chi connectivity index (χ1v) is 14.0. The normalized spacial score (nSPS) is 24.4. The predicted octanol–water partition coefficient (Wildman–Crippen LogP) is 2.98. The third-order valence-corrected chi connectivity index (χ3v) is 9.65. The largest absolute Gasteiger partial charge is 0.336 e. The second-order valence-corrected chi connectivity index (χ2v) is 12.4. The van der Waals surface area contributed by atoms with Crippen molar-refractivity contribution in [3.63, 3.8) is 0 Å². The zero-order valence-electron chi connectivity index (χ0n) is 18.0. The van der Waals surface area contributed by atoms with Gasteiger partial charge in [0.15, 0.2) is 15.0 Å². The van der Waals surface area contributed by atoms with E-state index in [0.29, 0.717) is 34.5 Å². The molecular formula is C23H25ClN4O3S2. The Bertz CT molecular complexity index is 1180. The molecule has 2 aromatic rings. The monoisotopic (exact) mass is 504 g/mol. The number of anilines is 1. The minimum Gasteiger partial charge on any atom is -0.336 e. The Balaban J connectivity index is 1.21. The van der Waals surface area contributed by atoms with Crippen LogP contribution in [0.15, 0.2) is 53.5 Å². The molecule has 2 saturated heterocycles. The third-order valence-electron chi connectivity index (χ3n) is 6.18. The van der Waals surface area contributed by atoms with Crippen LogP contribution in [-0.4, -0.2) is 78.3 Å². The van der Waals surface area contributed by atoms with Gasteiger partial charge in [0.05, 0.1) is 28.3 Å². The highest BCUT2D eigenvalue weighted by molar-refractivity contribution is 8.15. The van der Waals surface area contributed by atoms with Gasteiger partial charge in [0, 0.05) is 43.5 Å². The number of carbonyl (C=O) groups is 1. The predicted molar refractivity (Wildman–Crippen MR) is 134 cm³/mol. The number of sulfone groups is 1. The molecule has 0 radical (unpaired) electrons. The Kier molecular flexibility index (Phi) is 6.39. The molecule has 0 unspecified atom stereocenters. The van der Waals surface area contributed by atoms with Gasteiger partial charge in [-0.05, 0) is 23.8 Å². The maximum absolute atomic E-state index is 13.1. The van der Waals surface area contributed by atoms with Gasteiger partial charge in [-0.3, -0.25) is 14.7 Å². The van der Waals surface area contributed by atoms with Crippen LogP contribution in [0.2, 0.25) is 5.02 Å². The summed E-state index contributed by atoms with van der Waals surface area (Å²) in [6, 6.07) is 15.4. The number of halogens is 1. The summed E-state index contributed by atoms with van der Waals surface area (Å²) in [5.74, 6) is 0.232. The number of nitrogens with one attached hydrogen (secondary N) is 1. The topological polar surface area (TPSA) is 82.1 Å². The molecule has 0 aromatic heterocycles. The second kappa shape index (κ2) is 9.29. The van der Waals surface area contributed by atoms with Crippen LogP contribution in [0, 0.1) is 0 Å². The van der Waals surface area contributed by atoms with Crippen LogP contribution in [-0.2, 0) is 16.4 Å². The SMILES string of the molecule is O=C(c1ccc(Cl)c(NC2=N[C@@H]3CS(=O)(=O)C[C@@H]3S2)c1)N1CCN(Cc2ccccc2)CC1. The van der Waals surface area contributed by atoms with Crippen LogP contribution < -0.4 is 5.32 Å². The molecule has 0 aliphatic carbocycles. The van der Waals surface area contributed by atoms with Crippen molar-refractivity contribution in [1.82, 2.24) is 9.80 Å². The summed E-state index contributed by atoms with van der Waals surface area (Å²) in [4.78, 5) is 21.9. The molecule has 33 heavy (non-hydrogen) atoms. The number of amidine groups is 1. The summed E-state index contributed by atoms with van der Waals surface area (Å²) in [6.07, 6.45) is 0. The second-order valence-electron chi connectivity index (χ2n) is 8.61. The molecule has 1 amide bonds. The lowest BCUT2D eigenvalue weighted by Crippen LogP contribution is -2.48. The van der Waals surface area contributed by atoms with Gasteiger partial charge in [-0.25, -0.2) is 8.42 Å². The molecule has 0 bridgehead atoms. The van der Waals surface area contributed by atoms with Crippen molar-refractivity contribution in [2.45, 2.75) is 17.8 Å². The van der Waals surface area contributed by atoms with Crippen molar-refractivity contribution >= 4 is 50.0 Å². The number of amides is 1. The van der Waals surface area contributed by atoms with Crippen LogP contribution in [0.1, 0.15) is 15.9 Å². The van der Waals surface area contributed by atoms with Crippen molar-refractivity contribution in [1.29, 1.82) is 0 Å². The number of thioether (sulfide) groups is 1. The van der Waals surface area contributed by atoms with Gasteiger partial charge in [-0.15, -0.1) is 0 Å². The quantitative estimate of drug-likeness (QED) is 0.689. The maximum Gasteiger partial charge on any atom is 0.254 e. The van der Waals surface area contributed by atoms with Crippen LogP contribution in [0.25, 0.3) is 0 Å². The summed E-state index contributed by atoms with van der Waals surface area (Å²) in [5.41, 5.74) is 2.46. The fourth-order valence-electron chi connectivity index (χ4n) is 4.42. The molecule has 7 nitrogen and oxygen atoms in total. The Morgan fingerprint density at radius 3 is 2.58 bits per heavy atom. The molecule has 3 aliphatic rings. The van der Waals surface area contributed by atoms with Crippen LogP contribution >= 0.6 is 23.4 Å². The van der Waals surface area contributed by atoms with Gasteiger partial charge >= 0.3 is 0 Å². The van der Waals surface area contributed by atoms with E-state index in [1.54, 1.807) is 18.2 Å². The molecule has 2 atom stereocenters. The molecule has 2 aromatic carbocycles. The molecular weight excluding hydrogens is 480 g/mol. The number of hydrogen-bond donors (Lipinski definition) is 1. The van der Waals surface area contributed by atoms with Crippen molar-refractivity contribution < 1.29 is 13.2 Å². The summed E-state index contributed by atoms with van der Waals surface area (Å²) in [7, 11) is -3.00. The molecule has 5 rings (SSSR count). The average Bonchev–Trinajstić information content (AvgIpc) is 3.28. The molecule has 1 N–H and O–H groups in total. The lowest BCUT2D eigenvalue weighted by molar-refractivity contribution is 0.0628. The van der Waals surface area contributed by atoms with Crippen LogP contribution in [0.4, 0.5) is 5.69 Å². The highest BCUT2D eigenvalue weighted by atomic mass is 35.5. The summed E-state index contributed by atoms with van der Waals surface area (Å²) in [6.45, 7) is 3.91. The van der Waals surface area contributed by atoms with Crippen molar-refractivity contribution in [3.05, 3.63) is 64.7 Å². The summed E-state index contributed by atoms with van der Waals surface area (Å²) in [5, 5.41) is 4.30. The lowest BCUT2D eigenvalue weighted by atomic mass is 10.1. The lowest BCUT2D eigenvalue weighted by Gasteiger charge is -2.35. The minimum atomic E-state index is -3.00. The number of fused-ring (bicyclic) bond motifs is 1. The van der Waals surface area contributed by atoms with Crippen molar-refractivity contribution in [2.75, 3.05) is 43.0 Å². The van der Waals surface area contributed by atoms with Gasteiger partial charge in [0.1, 0.15) is 0 Å². The van der Waals surface area contributed by atoms with Crippen LogP contribution in [0.3, 0.4) is 0 Å².